The first-order valence-corrected chi connectivity index (χ1v) is 8.80. The van der Waals surface area contributed by atoms with Gasteiger partial charge in [0.25, 0.3) is 5.56 Å². The Hall–Kier alpha value is -3.48. The maximum Gasteiger partial charge on any atom is 0.338 e. The van der Waals surface area contributed by atoms with Crippen LogP contribution in [0.3, 0.4) is 0 Å². The van der Waals surface area contributed by atoms with E-state index in [4.69, 9.17) is 9.47 Å². The summed E-state index contributed by atoms with van der Waals surface area (Å²) in [7, 11) is 1.29. The van der Waals surface area contributed by atoms with Crippen molar-refractivity contribution in [3.8, 4) is 11.4 Å². The first-order chi connectivity index (χ1) is 13.8. The van der Waals surface area contributed by atoms with Crippen molar-refractivity contribution in [3.05, 3.63) is 92.9 Å². The van der Waals surface area contributed by atoms with E-state index >= 15 is 0 Å². The monoisotopic (exact) mass is 399 g/mol. The van der Waals surface area contributed by atoms with E-state index in [1.165, 1.54) is 23.8 Å². The molecule has 0 unspecified atom stereocenters. The van der Waals surface area contributed by atoms with Crippen LogP contribution < -0.4 is 10.3 Å². The van der Waals surface area contributed by atoms with E-state index in [0.29, 0.717) is 22.5 Å². The number of pyridine rings is 1. The predicted octanol–water partition coefficient (Wildman–Crippen LogP) is 4.10. The van der Waals surface area contributed by atoms with E-state index in [-0.39, 0.29) is 23.5 Å². The molecule has 150 valence electrons. The Bertz CT molecular complexity index is 1140. The van der Waals surface area contributed by atoms with Crippen LogP contribution in [0.15, 0.2) is 53.3 Å². The summed E-state index contributed by atoms with van der Waals surface area (Å²) >= 11 is 0. The number of ether oxygens (including phenoxy) is 2. The molecule has 5 nitrogen and oxygen atoms in total. The molecule has 0 aliphatic carbocycles. The molecular formula is C22H19F2NO4. The van der Waals surface area contributed by atoms with Gasteiger partial charge < -0.3 is 9.47 Å². The van der Waals surface area contributed by atoms with E-state index in [2.05, 4.69) is 0 Å². The molecule has 0 aliphatic heterocycles. The number of nitrogens with zero attached hydrogens (tertiary/aromatic N) is 1. The third-order valence-corrected chi connectivity index (χ3v) is 4.55. The Morgan fingerprint density at radius 3 is 2.48 bits per heavy atom. The van der Waals surface area contributed by atoms with Gasteiger partial charge in [0.05, 0.1) is 18.4 Å². The lowest BCUT2D eigenvalue weighted by Crippen LogP contribution is -2.21. The molecule has 1 heterocycles. The second kappa shape index (κ2) is 8.26. The quantitative estimate of drug-likeness (QED) is 0.606. The van der Waals surface area contributed by atoms with Crippen LogP contribution in [0, 0.1) is 25.5 Å². The Kier molecular flexibility index (Phi) is 5.77. The van der Waals surface area contributed by atoms with E-state index in [9.17, 15) is 18.4 Å². The molecule has 0 radical (unpaired) electrons. The average Bonchev–Trinajstić information content (AvgIpc) is 2.67. The van der Waals surface area contributed by atoms with E-state index in [1.807, 2.05) is 0 Å². The summed E-state index contributed by atoms with van der Waals surface area (Å²) < 4.78 is 38.5. The lowest BCUT2D eigenvalue weighted by Gasteiger charge is -2.16. The number of aromatic nitrogens is 1. The van der Waals surface area contributed by atoms with Gasteiger partial charge in [0.1, 0.15) is 24.0 Å². The zero-order valence-electron chi connectivity index (χ0n) is 16.2. The molecule has 0 saturated carbocycles. The number of carbonyl (C=O) groups excluding carboxylic acids is 1. The van der Waals surface area contributed by atoms with Crippen LogP contribution in [-0.4, -0.2) is 17.6 Å². The summed E-state index contributed by atoms with van der Waals surface area (Å²) in [5.41, 5.74) is 1.89. The van der Waals surface area contributed by atoms with Crippen LogP contribution in [0.5, 0.6) is 5.75 Å². The van der Waals surface area contributed by atoms with E-state index < -0.39 is 17.6 Å². The standard InChI is InChI=1S/C22H19F2NO4/c1-13-9-17(29-12-15-7-8-16(23)10-19(15)24)11-21(26)25(13)20-6-4-5-18(14(20)2)22(27)28-3/h4-11H,12H2,1-3H3. The summed E-state index contributed by atoms with van der Waals surface area (Å²) in [5, 5.41) is 0. The van der Waals surface area contributed by atoms with Crippen molar-refractivity contribution >= 4 is 5.97 Å². The fraction of sp³-hybridized carbons (Fsp3) is 0.182. The number of hydrogen-bond acceptors (Lipinski definition) is 4. The van der Waals surface area contributed by atoms with E-state index in [1.54, 1.807) is 38.1 Å². The van der Waals surface area contributed by atoms with Gasteiger partial charge in [-0.25, -0.2) is 13.6 Å². The molecule has 7 heteroatoms. The minimum absolute atomic E-state index is 0.147. The lowest BCUT2D eigenvalue weighted by atomic mass is 10.1. The number of halogens is 2. The van der Waals surface area contributed by atoms with Crippen molar-refractivity contribution in [2.75, 3.05) is 7.11 Å². The number of rotatable bonds is 5. The molecule has 0 saturated heterocycles. The maximum absolute atomic E-state index is 13.8. The molecule has 0 spiro atoms. The maximum atomic E-state index is 13.8. The summed E-state index contributed by atoms with van der Waals surface area (Å²) in [6.45, 7) is 3.30. The molecule has 0 N–H and O–H groups in total. The van der Waals surface area contributed by atoms with Crippen molar-refractivity contribution in [1.82, 2.24) is 4.57 Å². The topological polar surface area (TPSA) is 57.5 Å². The average molecular weight is 399 g/mol. The van der Waals surface area contributed by atoms with Crippen LogP contribution in [0.1, 0.15) is 27.2 Å². The Morgan fingerprint density at radius 2 is 1.83 bits per heavy atom. The number of benzene rings is 2. The summed E-state index contributed by atoms with van der Waals surface area (Å²) in [5.74, 6) is -1.62. The second-order valence-corrected chi connectivity index (χ2v) is 6.47. The Balaban J connectivity index is 1.93. The molecule has 0 aliphatic rings. The highest BCUT2D eigenvalue weighted by Crippen LogP contribution is 2.21. The first-order valence-electron chi connectivity index (χ1n) is 8.80. The molecule has 29 heavy (non-hydrogen) atoms. The minimum atomic E-state index is -0.717. The highest BCUT2D eigenvalue weighted by atomic mass is 19.1. The number of carbonyl (C=O) groups is 1. The van der Waals surface area contributed by atoms with Crippen LogP contribution in [-0.2, 0) is 11.3 Å². The van der Waals surface area contributed by atoms with Crippen molar-refractivity contribution in [2.45, 2.75) is 20.5 Å². The predicted molar refractivity (Wildman–Crippen MR) is 104 cm³/mol. The molecule has 0 bridgehead atoms. The number of esters is 1. The molecule has 0 fully saturated rings. The van der Waals surface area contributed by atoms with Crippen molar-refractivity contribution in [3.63, 3.8) is 0 Å². The van der Waals surface area contributed by atoms with Crippen molar-refractivity contribution in [2.24, 2.45) is 0 Å². The van der Waals surface area contributed by atoms with Crippen LogP contribution in [0.25, 0.3) is 5.69 Å². The van der Waals surface area contributed by atoms with Crippen molar-refractivity contribution in [1.29, 1.82) is 0 Å². The molecule has 1 aromatic heterocycles. The molecular weight excluding hydrogens is 380 g/mol. The van der Waals surface area contributed by atoms with Gasteiger partial charge in [-0.1, -0.05) is 6.07 Å². The number of methoxy groups -OCH3 is 1. The molecule has 3 rings (SSSR count). The first kappa shape index (κ1) is 20.3. The normalized spacial score (nSPS) is 10.7. The number of hydrogen-bond donors (Lipinski definition) is 0. The third-order valence-electron chi connectivity index (χ3n) is 4.55. The van der Waals surface area contributed by atoms with Gasteiger partial charge in [-0.05, 0) is 43.7 Å². The van der Waals surface area contributed by atoms with Gasteiger partial charge in [0.2, 0.25) is 0 Å². The SMILES string of the molecule is COC(=O)c1cccc(-n2c(C)cc(OCc3ccc(F)cc3F)cc2=O)c1C. The van der Waals surface area contributed by atoms with Gasteiger partial charge in [-0.15, -0.1) is 0 Å². The highest BCUT2D eigenvalue weighted by molar-refractivity contribution is 5.92. The van der Waals surface area contributed by atoms with Crippen LogP contribution in [0.2, 0.25) is 0 Å². The largest absolute Gasteiger partial charge is 0.489 e. The number of aryl methyl sites for hydroxylation is 1. The van der Waals surface area contributed by atoms with Crippen LogP contribution >= 0.6 is 0 Å². The molecule has 0 atom stereocenters. The van der Waals surface area contributed by atoms with Crippen molar-refractivity contribution < 1.29 is 23.0 Å². The highest BCUT2D eigenvalue weighted by Gasteiger charge is 2.15. The summed E-state index contributed by atoms with van der Waals surface area (Å²) in [4.78, 5) is 24.7. The van der Waals surface area contributed by atoms with Gasteiger partial charge in [0.15, 0.2) is 0 Å². The molecule has 2 aromatic carbocycles. The summed E-state index contributed by atoms with van der Waals surface area (Å²) in [6, 6.07) is 11.1. The van der Waals surface area contributed by atoms with Gasteiger partial charge in [-0.3, -0.25) is 9.36 Å². The van der Waals surface area contributed by atoms with Crippen LogP contribution in [0.4, 0.5) is 8.78 Å². The molecule has 3 aromatic rings. The zero-order chi connectivity index (χ0) is 21.1. The zero-order valence-corrected chi connectivity index (χ0v) is 16.2. The Labute approximate surface area is 166 Å². The van der Waals surface area contributed by atoms with Gasteiger partial charge in [0, 0.05) is 29.5 Å². The third kappa shape index (κ3) is 4.18. The molecule has 0 amide bonds. The smallest absolute Gasteiger partial charge is 0.338 e. The minimum Gasteiger partial charge on any atom is -0.489 e. The lowest BCUT2D eigenvalue weighted by molar-refractivity contribution is 0.0600. The van der Waals surface area contributed by atoms with E-state index in [0.717, 1.165) is 12.1 Å². The van der Waals surface area contributed by atoms with Gasteiger partial charge in [-0.2, -0.15) is 0 Å². The Morgan fingerprint density at radius 1 is 1.07 bits per heavy atom. The van der Waals surface area contributed by atoms with Gasteiger partial charge >= 0.3 is 5.97 Å². The second-order valence-electron chi connectivity index (χ2n) is 6.47. The fourth-order valence-electron chi connectivity index (χ4n) is 3.06. The fourth-order valence-corrected chi connectivity index (χ4v) is 3.06. The summed E-state index contributed by atoms with van der Waals surface area (Å²) in [6.07, 6.45) is 0.